The summed E-state index contributed by atoms with van der Waals surface area (Å²) < 4.78 is 2.06. The molecule has 0 bridgehead atoms. The van der Waals surface area contributed by atoms with Crippen LogP contribution in [0.3, 0.4) is 0 Å². The van der Waals surface area contributed by atoms with E-state index in [1.807, 2.05) is 54.6 Å². The number of hydrogen-bond acceptors (Lipinski definition) is 6. The van der Waals surface area contributed by atoms with Crippen molar-refractivity contribution >= 4 is 23.0 Å². The van der Waals surface area contributed by atoms with E-state index in [0.29, 0.717) is 23.1 Å². The van der Waals surface area contributed by atoms with Gasteiger partial charge in [0.25, 0.3) is 0 Å². The van der Waals surface area contributed by atoms with Crippen LogP contribution in [0, 0.1) is 0 Å². The Bertz CT molecular complexity index is 1930. The van der Waals surface area contributed by atoms with Crippen molar-refractivity contribution in [3.63, 3.8) is 0 Å². The highest BCUT2D eigenvalue weighted by Crippen LogP contribution is 2.36. The molecular weight excluding hydrogens is 536 g/mol. The molecule has 0 spiro atoms. The van der Waals surface area contributed by atoms with Gasteiger partial charge in [0.1, 0.15) is 11.3 Å². The number of hydrogen-bond donors (Lipinski definition) is 2. The summed E-state index contributed by atoms with van der Waals surface area (Å²) in [6.45, 7) is 4.05. The molecule has 8 heteroatoms. The first kappa shape index (κ1) is 26.6. The van der Waals surface area contributed by atoms with Crippen molar-refractivity contribution in [2.45, 2.75) is 18.9 Å². The number of aromatic nitrogens is 4. The molecule has 7 rings (SSSR count). The number of carbonyl (C=O) groups is 1. The maximum atomic E-state index is 11.2. The van der Waals surface area contributed by atoms with Crippen LogP contribution in [0.1, 0.15) is 40.4 Å². The van der Waals surface area contributed by atoms with E-state index in [1.165, 1.54) is 5.56 Å². The molecule has 0 saturated carbocycles. The molecule has 1 saturated heterocycles. The molecule has 3 aromatic carbocycles. The van der Waals surface area contributed by atoms with E-state index in [-0.39, 0.29) is 6.04 Å². The highest BCUT2D eigenvalue weighted by molar-refractivity contribution is 5.87. The van der Waals surface area contributed by atoms with Crippen LogP contribution in [-0.2, 0) is 0 Å². The molecular formula is C35H30N6O2. The molecule has 3 N–H and O–H groups in total. The Kier molecular flexibility index (Phi) is 6.68. The molecule has 43 heavy (non-hydrogen) atoms. The highest BCUT2D eigenvalue weighted by Gasteiger charge is 2.32. The number of carboxylic acids is 1. The summed E-state index contributed by atoms with van der Waals surface area (Å²) in [5, 5.41) is 9.19. The Morgan fingerprint density at radius 1 is 0.884 bits per heavy atom. The number of nitrogens with zero attached hydrogens (tertiary/aromatic N) is 5. The number of rotatable bonds is 7. The fraction of sp³-hybridized carbons (Fsp3) is 0.143. The van der Waals surface area contributed by atoms with Crippen LogP contribution in [0.25, 0.3) is 39.5 Å². The molecule has 0 unspecified atom stereocenters. The van der Waals surface area contributed by atoms with E-state index >= 15 is 0 Å². The molecule has 0 radical (unpaired) electrons. The maximum Gasteiger partial charge on any atom is 0.335 e. The molecule has 8 nitrogen and oxygen atoms in total. The first-order chi connectivity index (χ1) is 21.0. The predicted octanol–water partition coefficient (Wildman–Crippen LogP) is 6.59. The zero-order valence-corrected chi connectivity index (χ0v) is 23.6. The Morgan fingerprint density at radius 3 is 2.33 bits per heavy atom. The van der Waals surface area contributed by atoms with Crippen LogP contribution in [0.2, 0.25) is 0 Å². The number of imidazole rings is 1. The van der Waals surface area contributed by atoms with E-state index in [2.05, 4.69) is 57.8 Å². The SMILES string of the molecule is C[C@@H](c1ccc(C(=O)O)cc1)N1CC(c2ccc(-n3c(-c4cccnc4N)nc4ccc(-c5ccccc5)nc43)cc2)C1. The summed E-state index contributed by atoms with van der Waals surface area (Å²) >= 11 is 0. The van der Waals surface area contributed by atoms with Gasteiger partial charge in [-0.05, 0) is 66.6 Å². The quantitative estimate of drug-likeness (QED) is 0.224. The second kappa shape index (κ2) is 10.8. The molecule has 4 heterocycles. The largest absolute Gasteiger partial charge is 0.478 e. The Balaban J connectivity index is 1.19. The van der Waals surface area contributed by atoms with Crippen molar-refractivity contribution in [2.75, 3.05) is 18.8 Å². The molecule has 1 atom stereocenters. The highest BCUT2D eigenvalue weighted by atomic mass is 16.4. The zero-order chi connectivity index (χ0) is 29.5. The average molecular weight is 567 g/mol. The van der Waals surface area contributed by atoms with Crippen LogP contribution >= 0.6 is 0 Å². The third kappa shape index (κ3) is 4.91. The van der Waals surface area contributed by atoms with Crippen LogP contribution in [0.4, 0.5) is 5.82 Å². The minimum atomic E-state index is -0.904. The molecule has 0 aliphatic carbocycles. The summed E-state index contributed by atoms with van der Waals surface area (Å²) in [7, 11) is 0. The first-order valence-electron chi connectivity index (χ1n) is 14.3. The minimum Gasteiger partial charge on any atom is -0.478 e. The lowest BCUT2D eigenvalue weighted by molar-refractivity contribution is 0.0696. The number of nitrogen functional groups attached to an aromatic ring is 1. The summed E-state index contributed by atoms with van der Waals surface area (Å²) in [6, 6.07) is 33.9. The normalized spacial score (nSPS) is 14.4. The van der Waals surface area contributed by atoms with E-state index in [9.17, 15) is 9.90 Å². The average Bonchev–Trinajstić information content (AvgIpc) is 3.40. The Morgan fingerprint density at radius 2 is 1.63 bits per heavy atom. The molecule has 6 aromatic rings. The van der Waals surface area contributed by atoms with Crippen molar-refractivity contribution in [3.8, 4) is 28.3 Å². The number of anilines is 1. The van der Waals surface area contributed by atoms with Gasteiger partial charge in [-0.2, -0.15) is 0 Å². The van der Waals surface area contributed by atoms with Crippen molar-refractivity contribution in [3.05, 3.63) is 126 Å². The van der Waals surface area contributed by atoms with Crippen molar-refractivity contribution in [1.29, 1.82) is 0 Å². The summed E-state index contributed by atoms with van der Waals surface area (Å²) in [6.07, 6.45) is 1.68. The number of fused-ring (bicyclic) bond motifs is 1. The standard InChI is InChI=1S/C35H30N6O2/c1-22(23-9-11-26(12-10-23)35(42)43)40-20-27(21-40)24-13-15-28(16-14-24)41-33(29-8-5-19-37-32(29)36)39-31-18-17-30(38-34(31)41)25-6-3-2-4-7-25/h2-19,22,27H,20-21H2,1H3,(H2,36,37)(H,42,43)/t22-/m0/s1. The van der Waals surface area contributed by atoms with Gasteiger partial charge in [-0.1, -0.05) is 54.6 Å². The Hall–Kier alpha value is -5.34. The number of pyridine rings is 2. The third-order valence-corrected chi connectivity index (χ3v) is 8.37. The number of likely N-dealkylation sites (tertiary alicyclic amines) is 1. The van der Waals surface area contributed by atoms with Gasteiger partial charge in [-0.3, -0.25) is 9.47 Å². The molecule has 212 valence electrons. The molecule has 3 aromatic heterocycles. The molecule has 1 aliphatic heterocycles. The van der Waals surface area contributed by atoms with Crippen LogP contribution < -0.4 is 5.73 Å². The monoisotopic (exact) mass is 566 g/mol. The fourth-order valence-corrected chi connectivity index (χ4v) is 5.81. The fourth-order valence-electron chi connectivity index (χ4n) is 5.81. The Labute approximate surface area is 249 Å². The topological polar surface area (TPSA) is 110 Å². The second-order valence-corrected chi connectivity index (χ2v) is 11.0. The first-order valence-corrected chi connectivity index (χ1v) is 14.3. The van der Waals surface area contributed by atoms with E-state index in [0.717, 1.165) is 52.3 Å². The minimum absolute atomic E-state index is 0.216. The third-order valence-electron chi connectivity index (χ3n) is 8.37. The second-order valence-electron chi connectivity index (χ2n) is 11.0. The van der Waals surface area contributed by atoms with Crippen LogP contribution in [-0.4, -0.2) is 48.6 Å². The van der Waals surface area contributed by atoms with Gasteiger partial charge >= 0.3 is 5.97 Å². The van der Waals surface area contributed by atoms with E-state index in [4.69, 9.17) is 15.7 Å². The summed E-state index contributed by atoms with van der Waals surface area (Å²) in [5.41, 5.74) is 14.2. The maximum absolute atomic E-state index is 11.2. The number of nitrogens with two attached hydrogens (primary N) is 1. The van der Waals surface area contributed by atoms with Crippen molar-refractivity contribution < 1.29 is 9.90 Å². The smallest absolute Gasteiger partial charge is 0.335 e. The van der Waals surface area contributed by atoms with Gasteiger partial charge in [-0.25, -0.2) is 19.7 Å². The van der Waals surface area contributed by atoms with Gasteiger partial charge in [-0.15, -0.1) is 0 Å². The number of benzene rings is 3. The lowest BCUT2D eigenvalue weighted by Crippen LogP contribution is -2.46. The predicted molar refractivity (Wildman–Crippen MR) is 168 cm³/mol. The number of aromatic carboxylic acids is 1. The van der Waals surface area contributed by atoms with Crippen LogP contribution in [0.15, 0.2) is 109 Å². The van der Waals surface area contributed by atoms with Crippen LogP contribution in [0.5, 0.6) is 0 Å². The van der Waals surface area contributed by atoms with E-state index in [1.54, 1.807) is 18.3 Å². The lowest BCUT2D eigenvalue weighted by atomic mass is 9.88. The van der Waals surface area contributed by atoms with Gasteiger partial charge in [0.15, 0.2) is 11.5 Å². The summed E-state index contributed by atoms with van der Waals surface area (Å²) in [5.74, 6) is 0.633. The van der Waals surface area contributed by atoms with E-state index < -0.39 is 5.97 Å². The van der Waals surface area contributed by atoms with Gasteiger partial charge in [0.2, 0.25) is 0 Å². The molecule has 0 amide bonds. The number of carboxylic acid groups (broad SMARTS) is 1. The summed E-state index contributed by atoms with van der Waals surface area (Å²) in [4.78, 5) is 27.9. The lowest BCUT2D eigenvalue weighted by Gasteiger charge is -2.43. The van der Waals surface area contributed by atoms with Gasteiger partial charge in [0, 0.05) is 42.5 Å². The van der Waals surface area contributed by atoms with Crippen molar-refractivity contribution in [1.82, 2.24) is 24.4 Å². The van der Waals surface area contributed by atoms with Gasteiger partial charge in [0.05, 0.1) is 16.8 Å². The zero-order valence-electron chi connectivity index (χ0n) is 23.6. The molecule has 1 fully saturated rings. The van der Waals surface area contributed by atoms with Crippen molar-refractivity contribution in [2.24, 2.45) is 0 Å². The molecule has 1 aliphatic rings. The van der Waals surface area contributed by atoms with Gasteiger partial charge < -0.3 is 10.8 Å².